The lowest BCUT2D eigenvalue weighted by Crippen LogP contribution is -2.52. The Morgan fingerprint density at radius 1 is 1.47 bits per heavy atom. The quantitative estimate of drug-likeness (QED) is 0.388. The fourth-order valence-corrected chi connectivity index (χ4v) is 5.19. The van der Waals surface area contributed by atoms with E-state index in [4.69, 9.17) is 4.74 Å². The summed E-state index contributed by atoms with van der Waals surface area (Å²) in [7, 11) is 0. The Morgan fingerprint density at radius 2 is 2.13 bits per heavy atom. The van der Waals surface area contributed by atoms with Gasteiger partial charge in [0.05, 0.1) is 10.3 Å². The molecule has 0 N–H and O–H groups in total. The van der Waals surface area contributed by atoms with E-state index >= 15 is 0 Å². The van der Waals surface area contributed by atoms with Crippen molar-refractivity contribution >= 4 is 28.6 Å². The molecule has 3 atom stereocenters. The molecule has 1 saturated carbocycles. The normalized spacial score (nSPS) is 44.4. The van der Waals surface area contributed by atoms with Crippen molar-refractivity contribution in [3.05, 3.63) is 0 Å². The maximum Gasteiger partial charge on any atom is 0.307 e. The van der Waals surface area contributed by atoms with Crippen LogP contribution in [-0.2, 0) is 9.53 Å². The summed E-state index contributed by atoms with van der Waals surface area (Å²) in [5, 5.41) is 0. The Bertz CT molecular complexity index is 287. The SMILES string of the molecule is C[C@H]1CC[C@@]2(OC(=O)CC2(C)C)[C@H](I)C1. The predicted octanol–water partition coefficient (Wildman–Crippen LogP) is 3.32. The Kier molecular flexibility index (Phi) is 2.81. The van der Waals surface area contributed by atoms with Crippen molar-refractivity contribution in [3.8, 4) is 0 Å². The predicted molar refractivity (Wildman–Crippen MR) is 68.0 cm³/mol. The molecular formula is C12H19IO2. The van der Waals surface area contributed by atoms with Gasteiger partial charge in [0.1, 0.15) is 5.60 Å². The summed E-state index contributed by atoms with van der Waals surface area (Å²) in [6.07, 6.45) is 3.99. The lowest BCUT2D eigenvalue weighted by Gasteiger charge is -2.47. The Hall–Kier alpha value is 0.200. The van der Waals surface area contributed by atoms with Gasteiger partial charge in [-0.25, -0.2) is 0 Å². The van der Waals surface area contributed by atoms with E-state index in [1.165, 1.54) is 12.8 Å². The highest BCUT2D eigenvalue weighted by Crippen LogP contribution is 2.54. The number of alkyl halides is 1. The summed E-state index contributed by atoms with van der Waals surface area (Å²) < 4.78 is 6.19. The van der Waals surface area contributed by atoms with Gasteiger partial charge in [-0.3, -0.25) is 4.79 Å². The summed E-state index contributed by atoms with van der Waals surface area (Å²) in [6, 6.07) is 0. The first-order valence-corrected chi connectivity index (χ1v) is 6.98. The van der Waals surface area contributed by atoms with Crippen molar-refractivity contribution in [2.24, 2.45) is 11.3 Å². The topological polar surface area (TPSA) is 26.3 Å². The van der Waals surface area contributed by atoms with Crippen LogP contribution in [0.15, 0.2) is 0 Å². The molecule has 2 fully saturated rings. The van der Waals surface area contributed by atoms with Crippen LogP contribution in [0, 0.1) is 11.3 Å². The molecule has 3 heteroatoms. The highest BCUT2D eigenvalue weighted by molar-refractivity contribution is 14.1. The van der Waals surface area contributed by atoms with Gasteiger partial charge in [0.25, 0.3) is 0 Å². The van der Waals surface area contributed by atoms with E-state index in [-0.39, 0.29) is 17.0 Å². The number of halogens is 1. The zero-order chi connectivity index (χ0) is 11.3. The largest absolute Gasteiger partial charge is 0.457 e. The van der Waals surface area contributed by atoms with Gasteiger partial charge in [0, 0.05) is 5.41 Å². The first-order chi connectivity index (χ1) is 6.87. The monoisotopic (exact) mass is 322 g/mol. The molecule has 2 rings (SSSR count). The van der Waals surface area contributed by atoms with Crippen LogP contribution in [0.3, 0.4) is 0 Å². The van der Waals surface area contributed by atoms with E-state index in [1.807, 2.05) is 0 Å². The van der Waals surface area contributed by atoms with E-state index in [1.54, 1.807) is 0 Å². The molecule has 2 aliphatic rings. The zero-order valence-electron chi connectivity index (χ0n) is 9.68. The molecular weight excluding hydrogens is 303 g/mol. The van der Waals surface area contributed by atoms with Crippen molar-refractivity contribution in [2.75, 3.05) is 0 Å². The minimum absolute atomic E-state index is 0.00350. The standard InChI is InChI=1S/C12H19IO2/c1-8-4-5-12(9(13)6-8)11(2,3)7-10(14)15-12/h8-9H,4-7H2,1-3H3/t8-,9+,12+/m0/s1. The highest BCUT2D eigenvalue weighted by Gasteiger charge is 2.59. The molecule has 0 aromatic rings. The first kappa shape index (κ1) is 11.7. The molecule has 0 aromatic heterocycles. The van der Waals surface area contributed by atoms with E-state index in [9.17, 15) is 4.79 Å². The number of esters is 1. The van der Waals surface area contributed by atoms with Crippen molar-refractivity contribution in [1.82, 2.24) is 0 Å². The van der Waals surface area contributed by atoms with Crippen molar-refractivity contribution in [3.63, 3.8) is 0 Å². The van der Waals surface area contributed by atoms with Gasteiger partial charge in [-0.05, 0) is 25.2 Å². The van der Waals surface area contributed by atoms with Crippen molar-refractivity contribution in [2.45, 2.75) is 56.0 Å². The maximum absolute atomic E-state index is 11.5. The van der Waals surface area contributed by atoms with Gasteiger partial charge in [0.2, 0.25) is 0 Å². The number of rotatable bonds is 0. The van der Waals surface area contributed by atoms with Gasteiger partial charge in [0.15, 0.2) is 0 Å². The molecule has 1 aliphatic carbocycles. The van der Waals surface area contributed by atoms with Crippen LogP contribution in [0.4, 0.5) is 0 Å². The van der Waals surface area contributed by atoms with Gasteiger partial charge < -0.3 is 4.74 Å². The third-order valence-corrected chi connectivity index (χ3v) is 5.67. The fraction of sp³-hybridized carbons (Fsp3) is 0.917. The summed E-state index contributed by atoms with van der Waals surface area (Å²) in [4.78, 5) is 11.5. The molecule has 1 heterocycles. The van der Waals surface area contributed by atoms with E-state index < -0.39 is 0 Å². The molecule has 0 unspecified atom stereocenters. The molecule has 1 aliphatic heterocycles. The second-order valence-electron chi connectivity index (χ2n) is 5.77. The van der Waals surface area contributed by atoms with Crippen LogP contribution in [0.2, 0.25) is 0 Å². The van der Waals surface area contributed by atoms with Gasteiger partial charge in [-0.2, -0.15) is 0 Å². The van der Waals surface area contributed by atoms with E-state index in [0.29, 0.717) is 10.3 Å². The zero-order valence-corrected chi connectivity index (χ0v) is 11.8. The Labute approximate surface area is 105 Å². The van der Waals surface area contributed by atoms with Crippen LogP contribution in [0.1, 0.15) is 46.5 Å². The average molecular weight is 322 g/mol. The van der Waals surface area contributed by atoms with Crippen molar-refractivity contribution in [1.29, 1.82) is 0 Å². The molecule has 2 nitrogen and oxygen atoms in total. The van der Waals surface area contributed by atoms with Gasteiger partial charge >= 0.3 is 5.97 Å². The number of carbonyl (C=O) groups is 1. The van der Waals surface area contributed by atoms with E-state index in [0.717, 1.165) is 12.3 Å². The summed E-state index contributed by atoms with van der Waals surface area (Å²) >= 11 is 2.48. The summed E-state index contributed by atoms with van der Waals surface area (Å²) in [6.45, 7) is 6.65. The summed E-state index contributed by atoms with van der Waals surface area (Å²) in [5.41, 5.74) is -0.173. The molecule has 1 saturated heterocycles. The van der Waals surface area contributed by atoms with Crippen LogP contribution >= 0.6 is 22.6 Å². The van der Waals surface area contributed by atoms with Crippen LogP contribution in [0.25, 0.3) is 0 Å². The van der Waals surface area contributed by atoms with Crippen molar-refractivity contribution < 1.29 is 9.53 Å². The third-order valence-electron chi connectivity index (χ3n) is 4.15. The maximum atomic E-state index is 11.5. The number of hydrogen-bond donors (Lipinski definition) is 0. The Morgan fingerprint density at radius 3 is 2.60 bits per heavy atom. The second-order valence-corrected chi connectivity index (χ2v) is 7.27. The van der Waals surface area contributed by atoms with E-state index in [2.05, 4.69) is 43.4 Å². The highest BCUT2D eigenvalue weighted by atomic mass is 127. The first-order valence-electron chi connectivity index (χ1n) is 5.73. The average Bonchev–Trinajstić information content (AvgIpc) is 2.30. The second kappa shape index (κ2) is 3.60. The number of carbonyl (C=O) groups excluding carboxylic acids is 1. The molecule has 0 aromatic carbocycles. The lowest BCUT2D eigenvalue weighted by molar-refractivity contribution is -0.154. The minimum atomic E-state index is -0.183. The molecule has 1 spiro atoms. The number of hydrogen-bond acceptors (Lipinski definition) is 2. The lowest BCUT2D eigenvalue weighted by atomic mass is 9.65. The number of ether oxygens (including phenoxy) is 1. The molecule has 0 bridgehead atoms. The van der Waals surface area contributed by atoms with Crippen LogP contribution in [-0.4, -0.2) is 15.5 Å². The van der Waals surface area contributed by atoms with Gasteiger partial charge in [-0.15, -0.1) is 0 Å². The smallest absolute Gasteiger partial charge is 0.307 e. The minimum Gasteiger partial charge on any atom is -0.457 e. The third kappa shape index (κ3) is 1.71. The molecule has 0 radical (unpaired) electrons. The Balaban J connectivity index is 2.29. The summed E-state index contributed by atoms with van der Waals surface area (Å²) in [5.74, 6) is 0.767. The molecule has 15 heavy (non-hydrogen) atoms. The van der Waals surface area contributed by atoms with Gasteiger partial charge in [-0.1, -0.05) is 43.4 Å². The van der Waals surface area contributed by atoms with Crippen LogP contribution < -0.4 is 0 Å². The fourth-order valence-electron chi connectivity index (χ4n) is 3.04. The molecule has 86 valence electrons. The van der Waals surface area contributed by atoms with Crippen LogP contribution in [0.5, 0.6) is 0 Å². The molecule has 0 amide bonds.